The van der Waals surface area contributed by atoms with Crippen LogP contribution in [0.2, 0.25) is 0 Å². The summed E-state index contributed by atoms with van der Waals surface area (Å²) in [6.45, 7) is 1.91. The smallest absolute Gasteiger partial charge is 0.241 e. The lowest BCUT2D eigenvalue weighted by Gasteiger charge is -2.26. The maximum absolute atomic E-state index is 13.3. The van der Waals surface area contributed by atoms with E-state index in [1.807, 2.05) is 4.90 Å². The van der Waals surface area contributed by atoms with E-state index in [9.17, 15) is 9.18 Å². The summed E-state index contributed by atoms with van der Waals surface area (Å²) in [4.78, 5) is 13.8. The fourth-order valence-corrected chi connectivity index (χ4v) is 2.29. The van der Waals surface area contributed by atoms with Gasteiger partial charge in [0.05, 0.1) is 11.0 Å². The monoisotopic (exact) mass is 314 g/mol. The van der Waals surface area contributed by atoms with Crippen LogP contribution < -0.4 is 5.32 Å². The van der Waals surface area contributed by atoms with Crippen molar-refractivity contribution in [2.45, 2.75) is 19.3 Å². The number of benzene rings is 1. The number of hydrogen-bond acceptors (Lipinski definition) is 2. The standard InChI is InChI=1S/C13H16BrFN2O/c14-11-5-4-10(8-12(11)15)16-9-13(18)17-6-2-1-3-7-17/h4-5,8,16H,1-3,6-7,9H2. The molecule has 1 aliphatic heterocycles. The van der Waals surface area contributed by atoms with Crippen molar-refractivity contribution < 1.29 is 9.18 Å². The molecule has 1 fully saturated rings. The van der Waals surface area contributed by atoms with Crippen LogP contribution in [0.4, 0.5) is 10.1 Å². The van der Waals surface area contributed by atoms with Gasteiger partial charge >= 0.3 is 0 Å². The molecule has 3 nitrogen and oxygen atoms in total. The minimum absolute atomic E-state index is 0.0815. The maximum atomic E-state index is 13.3. The van der Waals surface area contributed by atoms with Crippen molar-refractivity contribution in [3.63, 3.8) is 0 Å². The van der Waals surface area contributed by atoms with Crippen LogP contribution in [0, 0.1) is 5.82 Å². The molecule has 0 unspecified atom stereocenters. The van der Waals surface area contributed by atoms with E-state index in [2.05, 4.69) is 21.2 Å². The lowest BCUT2D eigenvalue weighted by molar-refractivity contribution is -0.130. The predicted octanol–water partition coefficient (Wildman–Crippen LogP) is 3.01. The van der Waals surface area contributed by atoms with Gasteiger partial charge in [0.25, 0.3) is 0 Å². The van der Waals surface area contributed by atoms with Crippen molar-refractivity contribution >= 4 is 27.5 Å². The van der Waals surface area contributed by atoms with Crippen LogP contribution in [0.25, 0.3) is 0 Å². The molecule has 1 amide bonds. The van der Waals surface area contributed by atoms with Crippen LogP contribution in [0.1, 0.15) is 19.3 Å². The molecular weight excluding hydrogens is 299 g/mol. The molecule has 2 rings (SSSR count). The van der Waals surface area contributed by atoms with Gasteiger partial charge in [-0.15, -0.1) is 0 Å². The lowest BCUT2D eigenvalue weighted by Crippen LogP contribution is -2.39. The SMILES string of the molecule is O=C(CNc1ccc(Br)c(F)c1)N1CCCCC1. The minimum atomic E-state index is -0.328. The first-order chi connectivity index (χ1) is 8.66. The Hall–Kier alpha value is -1.10. The van der Waals surface area contributed by atoms with E-state index in [0.29, 0.717) is 10.2 Å². The molecule has 5 heteroatoms. The third-order valence-electron chi connectivity index (χ3n) is 3.07. The molecule has 0 saturated carbocycles. The zero-order valence-electron chi connectivity index (χ0n) is 10.1. The van der Waals surface area contributed by atoms with Gasteiger partial charge in [-0.25, -0.2) is 4.39 Å². The first kappa shape index (κ1) is 13.3. The van der Waals surface area contributed by atoms with E-state index in [-0.39, 0.29) is 18.3 Å². The first-order valence-corrected chi connectivity index (χ1v) is 6.93. The maximum Gasteiger partial charge on any atom is 0.241 e. The van der Waals surface area contributed by atoms with E-state index in [1.54, 1.807) is 12.1 Å². The van der Waals surface area contributed by atoms with Crippen LogP contribution in [0.5, 0.6) is 0 Å². The highest BCUT2D eigenvalue weighted by atomic mass is 79.9. The normalized spacial score (nSPS) is 15.6. The Kier molecular flexibility index (Phi) is 4.58. The first-order valence-electron chi connectivity index (χ1n) is 6.13. The van der Waals surface area contributed by atoms with E-state index in [1.165, 1.54) is 12.5 Å². The molecule has 1 aromatic rings. The molecule has 1 aliphatic rings. The van der Waals surface area contributed by atoms with Crippen LogP contribution in [0.15, 0.2) is 22.7 Å². The van der Waals surface area contributed by atoms with E-state index in [4.69, 9.17) is 0 Å². The van der Waals surface area contributed by atoms with Crippen LogP contribution >= 0.6 is 15.9 Å². The van der Waals surface area contributed by atoms with Crippen molar-refractivity contribution in [1.82, 2.24) is 4.90 Å². The van der Waals surface area contributed by atoms with Crippen molar-refractivity contribution in [3.05, 3.63) is 28.5 Å². The van der Waals surface area contributed by atoms with Crippen molar-refractivity contribution in [2.75, 3.05) is 25.0 Å². The number of carbonyl (C=O) groups is 1. The lowest BCUT2D eigenvalue weighted by atomic mass is 10.1. The van der Waals surface area contributed by atoms with Gasteiger partial charge in [0.15, 0.2) is 0 Å². The molecule has 1 N–H and O–H groups in total. The number of nitrogens with zero attached hydrogens (tertiary/aromatic N) is 1. The molecule has 0 aromatic heterocycles. The van der Waals surface area contributed by atoms with Gasteiger partial charge in [-0.1, -0.05) is 0 Å². The Balaban J connectivity index is 1.86. The van der Waals surface area contributed by atoms with Gasteiger partial charge in [0.1, 0.15) is 5.82 Å². The van der Waals surface area contributed by atoms with Crippen molar-refractivity contribution in [1.29, 1.82) is 0 Å². The Morgan fingerprint density at radius 1 is 1.33 bits per heavy atom. The van der Waals surface area contributed by atoms with Crippen LogP contribution in [-0.4, -0.2) is 30.4 Å². The number of hydrogen-bond donors (Lipinski definition) is 1. The zero-order chi connectivity index (χ0) is 13.0. The highest BCUT2D eigenvalue weighted by Crippen LogP contribution is 2.19. The molecule has 1 saturated heterocycles. The molecule has 1 aromatic carbocycles. The molecule has 18 heavy (non-hydrogen) atoms. The van der Waals surface area contributed by atoms with E-state index >= 15 is 0 Å². The molecule has 0 radical (unpaired) electrons. The van der Waals surface area contributed by atoms with Crippen LogP contribution in [0.3, 0.4) is 0 Å². The molecule has 98 valence electrons. The summed E-state index contributed by atoms with van der Waals surface area (Å²) < 4.78 is 13.7. The highest BCUT2D eigenvalue weighted by molar-refractivity contribution is 9.10. The second-order valence-electron chi connectivity index (χ2n) is 4.42. The number of halogens is 2. The Morgan fingerprint density at radius 2 is 2.06 bits per heavy atom. The topological polar surface area (TPSA) is 32.3 Å². The Morgan fingerprint density at radius 3 is 2.72 bits per heavy atom. The second kappa shape index (κ2) is 6.18. The fraction of sp³-hybridized carbons (Fsp3) is 0.462. The van der Waals surface area contributed by atoms with Gasteiger partial charge in [-0.3, -0.25) is 4.79 Å². The average Bonchev–Trinajstić information content (AvgIpc) is 2.41. The summed E-state index contributed by atoms with van der Waals surface area (Å²) in [5.74, 6) is -0.247. The molecule has 1 heterocycles. The Labute approximate surface area is 114 Å². The number of rotatable bonds is 3. The number of amides is 1. The quantitative estimate of drug-likeness (QED) is 0.930. The average molecular weight is 315 g/mol. The molecular formula is C13H16BrFN2O. The summed E-state index contributed by atoms with van der Waals surface area (Å²) >= 11 is 3.09. The third kappa shape index (κ3) is 3.45. The van der Waals surface area contributed by atoms with Crippen molar-refractivity contribution in [3.8, 4) is 0 Å². The van der Waals surface area contributed by atoms with E-state index < -0.39 is 0 Å². The summed E-state index contributed by atoms with van der Waals surface area (Å²) in [7, 11) is 0. The zero-order valence-corrected chi connectivity index (χ0v) is 11.7. The molecule has 0 spiro atoms. The number of nitrogens with one attached hydrogen (secondary N) is 1. The molecule has 0 atom stereocenters. The predicted molar refractivity (Wildman–Crippen MR) is 73.0 cm³/mol. The number of piperidine rings is 1. The largest absolute Gasteiger partial charge is 0.376 e. The third-order valence-corrected chi connectivity index (χ3v) is 3.72. The molecule has 0 bridgehead atoms. The Bertz CT molecular complexity index is 433. The van der Waals surface area contributed by atoms with Gasteiger partial charge in [-0.2, -0.15) is 0 Å². The van der Waals surface area contributed by atoms with Gasteiger partial charge in [0.2, 0.25) is 5.91 Å². The number of carbonyl (C=O) groups excluding carboxylic acids is 1. The van der Waals surface area contributed by atoms with Gasteiger partial charge in [-0.05, 0) is 53.4 Å². The van der Waals surface area contributed by atoms with Crippen molar-refractivity contribution in [2.24, 2.45) is 0 Å². The fourth-order valence-electron chi connectivity index (χ4n) is 2.04. The summed E-state index contributed by atoms with van der Waals surface area (Å²) in [5.41, 5.74) is 0.626. The highest BCUT2D eigenvalue weighted by Gasteiger charge is 2.15. The summed E-state index contributed by atoms with van der Waals surface area (Å²) in [6.07, 6.45) is 3.37. The second-order valence-corrected chi connectivity index (χ2v) is 5.28. The van der Waals surface area contributed by atoms with E-state index in [0.717, 1.165) is 25.9 Å². The van der Waals surface area contributed by atoms with Gasteiger partial charge < -0.3 is 10.2 Å². The number of likely N-dealkylation sites (tertiary alicyclic amines) is 1. The van der Waals surface area contributed by atoms with Gasteiger partial charge in [0, 0.05) is 18.8 Å². The molecule has 0 aliphatic carbocycles. The summed E-state index contributed by atoms with van der Waals surface area (Å²) in [5, 5.41) is 2.96. The minimum Gasteiger partial charge on any atom is -0.376 e. The summed E-state index contributed by atoms with van der Waals surface area (Å²) in [6, 6.07) is 4.76. The number of anilines is 1. The van der Waals surface area contributed by atoms with Crippen LogP contribution in [-0.2, 0) is 4.79 Å².